The Bertz CT molecular complexity index is 686. The highest BCUT2D eigenvalue weighted by Crippen LogP contribution is 2.17. The highest BCUT2D eigenvalue weighted by atomic mass is 19.1. The number of hydrogen-bond acceptors (Lipinski definition) is 3. The van der Waals surface area contributed by atoms with Crippen molar-refractivity contribution in [1.29, 1.82) is 0 Å². The molecule has 2 amide bonds. The Kier molecular flexibility index (Phi) is 4.50. The smallest absolute Gasteiger partial charge is 0.323 e. The van der Waals surface area contributed by atoms with Gasteiger partial charge in [-0.2, -0.15) is 0 Å². The van der Waals surface area contributed by atoms with Crippen molar-refractivity contribution in [3.63, 3.8) is 0 Å². The minimum Gasteiger partial charge on any atom is -0.411 e. The van der Waals surface area contributed by atoms with Gasteiger partial charge in [0, 0.05) is 11.3 Å². The fraction of sp³-hybridized carbons (Fsp3) is 0.0667. The fourth-order valence-electron chi connectivity index (χ4n) is 1.81. The minimum absolute atomic E-state index is 0.345. The molecular weight excluding hydrogens is 273 g/mol. The van der Waals surface area contributed by atoms with Crippen molar-refractivity contribution in [2.45, 2.75) is 6.92 Å². The molecule has 0 heterocycles. The van der Waals surface area contributed by atoms with E-state index in [0.717, 1.165) is 0 Å². The van der Waals surface area contributed by atoms with E-state index < -0.39 is 11.8 Å². The lowest BCUT2D eigenvalue weighted by molar-refractivity contribution is 0.262. The Morgan fingerprint density at radius 2 is 1.90 bits per heavy atom. The van der Waals surface area contributed by atoms with Crippen LogP contribution in [0.2, 0.25) is 0 Å². The van der Waals surface area contributed by atoms with Gasteiger partial charge in [-0.25, -0.2) is 9.18 Å². The molecule has 0 aliphatic carbocycles. The van der Waals surface area contributed by atoms with E-state index in [1.807, 2.05) is 0 Å². The number of amides is 2. The van der Waals surface area contributed by atoms with E-state index in [1.165, 1.54) is 18.2 Å². The van der Waals surface area contributed by atoms with Crippen LogP contribution in [0.4, 0.5) is 20.6 Å². The number of halogens is 1. The molecule has 2 rings (SSSR count). The number of carbonyl (C=O) groups is 1. The fourth-order valence-corrected chi connectivity index (χ4v) is 1.81. The summed E-state index contributed by atoms with van der Waals surface area (Å²) in [6.07, 6.45) is 0. The van der Waals surface area contributed by atoms with Crippen molar-refractivity contribution >= 4 is 23.1 Å². The average Bonchev–Trinajstić information content (AvgIpc) is 2.47. The lowest BCUT2D eigenvalue weighted by Gasteiger charge is -2.11. The molecule has 0 aromatic heterocycles. The summed E-state index contributed by atoms with van der Waals surface area (Å²) in [5.74, 6) is -0.434. The van der Waals surface area contributed by atoms with E-state index in [2.05, 4.69) is 15.8 Å². The molecule has 0 radical (unpaired) electrons. The maximum Gasteiger partial charge on any atom is 0.323 e. The number of anilines is 2. The lowest BCUT2D eigenvalue weighted by atomic mass is 10.1. The van der Waals surface area contributed by atoms with E-state index in [1.54, 1.807) is 37.3 Å². The van der Waals surface area contributed by atoms with Crippen molar-refractivity contribution in [2.75, 3.05) is 10.6 Å². The minimum atomic E-state index is -0.515. The van der Waals surface area contributed by atoms with Gasteiger partial charge >= 0.3 is 6.03 Å². The van der Waals surface area contributed by atoms with Crippen molar-refractivity contribution < 1.29 is 14.4 Å². The highest BCUT2D eigenvalue weighted by molar-refractivity contribution is 6.08. The molecule has 0 atom stereocenters. The number of benzene rings is 2. The summed E-state index contributed by atoms with van der Waals surface area (Å²) in [7, 11) is 0. The Hall–Kier alpha value is -2.89. The second-order valence-corrected chi connectivity index (χ2v) is 4.32. The molecule has 0 spiro atoms. The maximum absolute atomic E-state index is 13.0. The van der Waals surface area contributed by atoms with Crippen LogP contribution in [0.1, 0.15) is 12.5 Å². The molecule has 5 nitrogen and oxygen atoms in total. The number of carbonyl (C=O) groups excluding carboxylic acids is 1. The van der Waals surface area contributed by atoms with Gasteiger partial charge < -0.3 is 15.8 Å². The Morgan fingerprint density at radius 3 is 2.62 bits per heavy atom. The largest absolute Gasteiger partial charge is 0.411 e. The SMILES string of the molecule is C/C(=N\O)c1ccccc1NC(=O)Nc1cccc(F)c1. The number of hydrogen-bond donors (Lipinski definition) is 3. The summed E-state index contributed by atoms with van der Waals surface area (Å²) in [4.78, 5) is 11.9. The summed E-state index contributed by atoms with van der Waals surface area (Å²) in [5.41, 5.74) is 1.80. The molecule has 0 unspecified atom stereocenters. The number of nitrogens with zero attached hydrogens (tertiary/aromatic N) is 1. The lowest BCUT2D eigenvalue weighted by Crippen LogP contribution is -2.20. The Morgan fingerprint density at radius 1 is 1.14 bits per heavy atom. The summed E-state index contributed by atoms with van der Waals surface area (Å²) in [5, 5.41) is 17.1. The second kappa shape index (κ2) is 6.51. The third kappa shape index (κ3) is 3.79. The molecule has 0 saturated heterocycles. The van der Waals surface area contributed by atoms with E-state index in [9.17, 15) is 9.18 Å². The van der Waals surface area contributed by atoms with Crippen molar-refractivity contribution in [2.24, 2.45) is 5.16 Å². The molecule has 0 saturated carbocycles. The van der Waals surface area contributed by atoms with Crippen molar-refractivity contribution in [1.82, 2.24) is 0 Å². The first-order chi connectivity index (χ1) is 10.1. The molecule has 0 bridgehead atoms. The van der Waals surface area contributed by atoms with Crippen LogP contribution >= 0.6 is 0 Å². The summed E-state index contributed by atoms with van der Waals surface area (Å²) >= 11 is 0. The van der Waals surface area contributed by atoms with E-state index in [-0.39, 0.29) is 0 Å². The first-order valence-corrected chi connectivity index (χ1v) is 6.22. The van der Waals surface area contributed by atoms with Gasteiger partial charge in [-0.05, 0) is 31.2 Å². The zero-order chi connectivity index (χ0) is 15.2. The van der Waals surface area contributed by atoms with Crippen molar-refractivity contribution in [3.8, 4) is 0 Å². The topological polar surface area (TPSA) is 73.7 Å². The van der Waals surface area contributed by atoms with Gasteiger partial charge in [0.05, 0.1) is 11.4 Å². The van der Waals surface area contributed by atoms with Crippen LogP contribution in [0.25, 0.3) is 0 Å². The first kappa shape index (κ1) is 14.5. The zero-order valence-corrected chi connectivity index (χ0v) is 11.3. The van der Waals surface area contributed by atoms with Crippen LogP contribution in [0.15, 0.2) is 53.7 Å². The van der Waals surface area contributed by atoms with Crippen LogP contribution in [-0.4, -0.2) is 17.0 Å². The van der Waals surface area contributed by atoms with Crippen LogP contribution in [0.3, 0.4) is 0 Å². The predicted molar refractivity (Wildman–Crippen MR) is 79.5 cm³/mol. The molecule has 0 aliphatic rings. The molecule has 0 fully saturated rings. The quantitative estimate of drug-likeness (QED) is 0.458. The standard InChI is InChI=1S/C15H14FN3O2/c1-10(19-21)13-7-2-3-8-14(13)18-15(20)17-12-6-4-5-11(16)9-12/h2-9,21H,1H3,(H2,17,18,20)/b19-10+. The number of rotatable bonds is 3. The van der Waals surface area contributed by atoms with Gasteiger partial charge in [0.15, 0.2) is 0 Å². The van der Waals surface area contributed by atoms with Crippen LogP contribution in [0, 0.1) is 5.82 Å². The summed E-state index contributed by atoms with van der Waals surface area (Å²) < 4.78 is 13.0. The molecule has 6 heteroatoms. The third-order valence-electron chi connectivity index (χ3n) is 2.80. The van der Waals surface area contributed by atoms with Crippen LogP contribution in [-0.2, 0) is 0 Å². The van der Waals surface area contributed by atoms with Gasteiger partial charge in [0.1, 0.15) is 5.82 Å². The molecule has 2 aromatic carbocycles. The number of urea groups is 1. The first-order valence-electron chi connectivity index (χ1n) is 6.22. The van der Waals surface area contributed by atoms with Gasteiger partial charge in [-0.15, -0.1) is 0 Å². The van der Waals surface area contributed by atoms with Gasteiger partial charge in [0.25, 0.3) is 0 Å². The molecule has 108 valence electrons. The monoisotopic (exact) mass is 287 g/mol. The molecule has 2 aromatic rings. The van der Waals surface area contributed by atoms with E-state index in [4.69, 9.17) is 5.21 Å². The third-order valence-corrected chi connectivity index (χ3v) is 2.80. The van der Waals surface area contributed by atoms with Crippen LogP contribution in [0.5, 0.6) is 0 Å². The Labute approximate surface area is 121 Å². The molecule has 0 aliphatic heterocycles. The Balaban J connectivity index is 2.13. The normalized spacial score (nSPS) is 11.0. The average molecular weight is 287 g/mol. The van der Waals surface area contributed by atoms with Crippen LogP contribution < -0.4 is 10.6 Å². The maximum atomic E-state index is 13.0. The van der Waals surface area contributed by atoms with E-state index in [0.29, 0.717) is 22.6 Å². The molecule has 3 N–H and O–H groups in total. The predicted octanol–water partition coefficient (Wildman–Crippen LogP) is 3.67. The summed E-state index contributed by atoms with van der Waals surface area (Å²) in [6.45, 7) is 1.62. The number of oxime groups is 1. The van der Waals surface area contributed by atoms with E-state index >= 15 is 0 Å². The molecule has 21 heavy (non-hydrogen) atoms. The second-order valence-electron chi connectivity index (χ2n) is 4.32. The van der Waals surface area contributed by atoms with Gasteiger partial charge in [0.2, 0.25) is 0 Å². The highest BCUT2D eigenvalue weighted by Gasteiger charge is 2.09. The van der Waals surface area contributed by atoms with Gasteiger partial charge in [-0.3, -0.25) is 0 Å². The summed E-state index contributed by atoms with van der Waals surface area (Å²) in [6, 6.07) is 12.0. The zero-order valence-electron chi connectivity index (χ0n) is 11.3. The van der Waals surface area contributed by atoms with Crippen molar-refractivity contribution in [3.05, 3.63) is 59.9 Å². The molecular formula is C15H14FN3O2. The number of nitrogens with one attached hydrogen (secondary N) is 2. The number of para-hydroxylation sites is 1. The van der Waals surface area contributed by atoms with Gasteiger partial charge in [-0.1, -0.05) is 29.4 Å².